The highest BCUT2D eigenvalue weighted by atomic mass is 35.5. The maximum absolute atomic E-state index is 12.4. The van der Waals surface area contributed by atoms with Gasteiger partial charge in [0.2, 0.25) is 0 Å². The van der Waals surface area contributed by atoms with E-state index in [0.29, 0.717) is 16.3 Å². The van der Waals surface area contributed by atoms with E-state index in [-0.39, 0.29) is 5.02 Å². The fraction of sp³-hybridized carbons (Fsp3) is 0.350. The lowest BCUT2D eigenvalue weighted by Crippen LogP contribution is -2.35. The van der Waals surface area contributed by atoms with Gasteiger partial charge in [0, 0.05) is 24.7 Å². The van der Waals surface area contributed by atoms with Crippen LogP contribution in [-0.2, 0) is 11.3 Å². The number of hydrogen-bond acceptors (Lipinski definition) is 4. The molecule has 6 heteroatoms. The predicted octanol–water partition coefficient (Wildman–Crippen LogP) is 4.66. The lowest BCUT2D eigenvalue weighted by molar-refractivity contribution is 0.0341. The molecule has 1 heterocycles. The molecule has 0 saturated carbocycles. The number of carbonyl (C=O) groups is 1. The van der Waals surface area contributed by atoms with Crippen molar-refractivity contribution in [1.29, 1.82) is 0 Å². The van der Waals surface area contributed by atoms with E-state index in [1.54, 1.807) is 12.1 Å². The maximum atomic E-state index is 12.4. The molecule has 0 amide bonds. The molecule has 1 fully saturated rings. The molecule has 0 bridgehead atoms. The molecule has 0 spiro atoms. The van der Waals surface area contributed by atoms with Crippen molar-refractivity contribution < 1.29 is 14.3 Å². The summed E-state index contributed by atoms with van der Waals surface area (Å²) in [6, 6.07) is 8.71. The summed E-state index contributed by atoms with van der Waals surface area (Å²) in [6.45, 7) is 8.25. The van der Waals surface area contributed by atoms with Gasteiger partial charge in [-0.3, -0.25) is 4.90 Å². The average Bonchev–Trinajstić information content (AvgIpc) is 2.60. The maximum Gasteiger partial charge on any atom is 0.345 e. The summed E-state index contributed by atoms with van der Waals surface area (Å²) >= 11 is 12.0. The first kappa shape index (κ1) is 19.2. The molecule has 0 atom stereocenters. The highest BCUT2D eigenvalue weighted by Gasteiger charge is 2.17. The molecule has 4 nitrogen and oxygen atoms in total. The average molecular weight is 394 g/mol. The summed E-state index contributed by atoms with van der Waals surface area (Å²) in [4.78, 5) is 14.8. The third-order valence-corrected chi connectivity index (χ3v) is 5.03. The van der Waals surface area contributed by atoms with Crippen molar-refractivity contribution in [1.82, 2.24) is 4.90 Å². The van der Waals surface area contributed by atoms with Crippen molar-refractivity contribution in [3.63, 3.8) is 0 Å². The van der Waals surface area contributed by atoms with Crippen LogP contribution in [0.15, 0.2) is 30.3 Å². The first-order valence-electron chi connectivity index (χ1n) is 8.51. The van der Waals surface area contributed by atoms with Crippen LogP contribution in [0, 0.1) is 13.8 Å². The molecule has 2 aromatic carbocycles. The summed E-state index contributed by atoms with van der Waals surface area (Å²) in [6.07, 6.45) is 0. The van der Waals surface area contributed by atoms with Crippen LogP contribution in [-0.4, -0.2) is 37.2 Å². The third-order valence-electron chi connectivity index (χ3n) is 4.48. The van der Waals surface area contributed by atoms with Crippen LogP contribution in [0.2, 0.25) is 10.0 Å². The van der Waals surface area contributed by atoms with Crippen molar-refractivity contribution in [3.05, 3.63) is 62.6 Å². The van der Waals surface area contributed by atoms with E-state index >= 15 is 0 Å². The SMILES string of the molecule is Cc1cc(OC(=O)c2ccc(Cl)cc2Cl)c(C)cc1CN1CCOCC1. The second-order valence-corrected chi connectivity index (χ2v) is 7.29. The number of aryl methyl sites for hydroxylation is 2. The Morgan fingerprint density at radius 1 is 1.12 bits per heavy atom. The van der Waals surface area contributed by atoms with Crippen molar-refractivity contribution in [2.24, 2.45) is 0 Å². The molecule has 26 heavy (non-hydrogen) atoms. The Morgan fingerprint density at radius 2 is 1.85 bits per heavy atom. The van der Waals surface area contributed by atoms with Gasteiger partial charge >= 0.3 is 5.97 Å². The van der Waals surface area contributed by atoms with Crippen LogP contribution in [0.1, 0.15) is 27.0 Å². The van der Waals surface area contributed by atoms with Crippen molar-refractivity contribution in [3.8, 4) is 5.75 Å². The molecule has 2 aromatic rings. The summed E-state index contributed by atoms with van der Waals surface area (Å²) in [5, 5.41) is 0.756. The molecule has 0 radical (unpaired) electrons. The van der Waals surface area contributed by atoms with Gasteiger partial charge in [0.15, 0.2) is 0 Å². The molecule has 0 aromatic heterocycles. The minimum atomic E-state index is -0.491. The van der Waals surface area contributed by atoms with E-state index in [2.05, 4.69) is 11.0 Å². The number of esters is 1. The number of morpholine rings is 1. The second kappa shape index (κ2) is 8.40. The van der Waals surface area contributed by atoms with Crippen molar-refractivity contribution in [2.45, 2.75) is 20.4 Å². The first-order valence-corrected chi connectivity index (χ1v) is 9.27. The largest absolute Gasteiger partial charge is 0.423 e. The Hall–Kier alpha value is -1.59. The number of ether oxygens (including phenoxy) is 2. The number of benzene rings is 2. The summed E-state index contributed by atoms with van der Waals surface area (Å²) < 4.78 is 11.0. The van der Waals surface area contributed by atoms with Gasteiger partial charge in [-0.15, -0.1) is 0 Å². The molecule has 0 N–H and O–H groups in total. The zero-order valence-electron chi connectivity index (χ0n) is 14.9. The van der Waals surface area contributed by atoms with Crippen LogP contribution >= 0.6 is 23.2 Å². The zero-order valence-corrected chi connectivity index (χ0v) is 16.4. The van der Waals surface area contributed by atoms with Crippen LogP contribution < -0.4 is 4.74 Å². The van der Waals surface area contributed by atoms with E-state index in [4.69, 9.17) is 32.7 Å². The first-order chi connectivity index (χ1) is 12.4. The van der Waals surface area contributed by atoms with Gasteiger partial charge in [-0.2, -0.15) is 0 Å². The predicted molar refractivity (Wildman–Crippen MR) is 103 cm³/mol. The molecule has 0 aliphatic carbocycles. The number of rotatable bonds is 4. The molecular formula is C20H21Cl2NO3. The van der Waals surface area contributed by atoms with Gasteiger partial charge in [0.25, 0.3) is 0 Å². The summed E-state index contributed by atoms with van der Waals surface area (Å²) in [5.41, 5.74) is 3.53. The van der Waals surface area contributed by atoms with Gasteiger partial charge in [0.1, 0.15) is 5.75 Å². The summed E-state index contributed by atoms with van der Waals surface area (Å²) in [5.74, 6) is 0.0549. The smallest absolute Gasteiger partial charge is 0.345 e. The molecule has 0 unspecified atom stereocenters. The van der Waals surface area contributed by atoms with Crippen LogP contribution in [0.5, 0.6) is 5.75 Å². The number of carbonyl (C=O) groups excluding carboxylic acids is 1. The normalized spacial score (nSPS) is 15.1. The molecule has 1 saturated heterocycles. The van der Waals surface area contributed by atoms with E-state index in [0.717, 1.165) is 44.0 Å². The fourth-order valence-corrected chi connectivity index (χ4v) is 3.43. The number of nitrogens with zero attached hydrogens (tertiary/aromatic N) is 1. The number of hydrogen-bond donors (Lipinski definition) is 0. The van der Waals surface area contributed by atoms with Crippen LogP contribution in [0.25, 0.3) is 0 Å². The van der Waals surface area contributed by atoms with E-state index < -0.39 is 5.97 Å². The Labute approximate surface area is 163 Å². The van der Waals surface area contributed by atoms with E-state index in [9.17, 15) is 4.79 Å². The standard InChI is InChI=1S/C20H21Cl2NO3/c1-13-10-19(26-20(24)17-4-3-16(21)11-18(17)22)14(2)9-15(13)12-23-5-7-25-8-6-23/h3-4,9-11H,5-8,12H2,1-2H3. The Kier molecular flexibility index (Phi) is 6.20. The zero-order chi connectivity index (χ0) is 18.7. The number of halogens is 2. The minimum Gasteiger partial charge on any atom is -0.423 e. The summed E-state index contributed by atoms with van der Waals surface area (Å²) in [7, 11) is 0. The quantitative estimate of drug-likeness (QED) is 0.559. The molecule has 3 rings (SSSR count). The van der Waals surface area contributed by atoms with Crippen LogP contribution in [0.4, 0.5) is 0 Å². The van der Waals surface area contributed by atoms with Crippen LogP contribution in [0.3, 0.4) is 0 Å². The van der Waals surface area contributed by atoms with E-state index in [1.807, 2.05) is 19.9 Å². The molecular weight excluding hydrogens is 373 g/mol. The van der Waals surface area contributed by atoms with Gasteiger partial charge in [-0.1, -0.05) is 29.3 Å². The van der Waals surface area contributed by atoms with Crippen molar-refractivity contribution in [2.75, 3.05) is 26.3 Å². The molecule has 1 aliphatic rings. The van der Waals surface area contributed by atoms with Gasteiger partial charge in [0.05, 0.1) is 23.8 Å². The minimum absolute atomic E-state index is 0.279. The topological polar surface area (TPSA) is 38.8 Å². The highest BCUT2D eigenvalue weighted by molar-refractivity contribution is 6.36. The highest BCUT2D eigenvalue weighted by Crippen LogP contribution is 2.27. The Balaban J connectivity index is 1.76. The molecule has 138 valence electrons. The monoisotopic (exact) mass is 393 g/mol. The van der Waals surface area contributed by atoms with E-state index in [1.165, 1.54) is 11.6 Å². The lowest BCUT2D eigenvalue weighted by atomic mass is 10.0. The van der Waals surface area contributed by atoms with Gasteiger partial charge in [-0.25, -0.2) is 4.79 Å². The fourth-order valence-electron chi connectivity index (χ4n) is 2.94. The second-order valence-electron chi connectivity index (χ2n) is 6.45. The molecule has 1 aliphatic heterocycles. The lowest BCUT2D eigenvalue weighted by Gasteiger charge is -2.27. The van der Waals surface area contributed by atoms with Gasteiger partial charge < -0.3 is 9.47 Å². The Morgan fingerprint density at radius 3 is 2.54 bits per heavy atom. The van der Waals surface area contributed by atoms with Gasteiger partial charge in [-0.05, 0) is 54.8 Å². The van der Waals surface area contributed by atoms with Crippen molar-refractivity contribution >= 4 is 29.2 Å². The Bertz CT molecular complexity index is 817. The third kappa shape index (κ3) is 4.57.